The highest BCUT2D eigenvalue weighted by Gasteiger charge is 2.25. The van der Waals surface area contributed by atoms with Crippen molar-refractivity contribution in [3.8, 4) is 0 Å². The molecule has 0 aliphatic carbocycles. The topological polar surface area (TPSA) is 83.7 Å². The molecule has 2 aromatic heterocycles. The number of aryl methyl sites for hydroxylation is 1. The van der Waals surface area contributed by atoms with E-state index in [2.05, 4.69) is 10.3 Å². The summed E-state index contributed by atoms with van der Waals surface area (Å²) < 4.78 is 1.81. The Morgan fingerprint density at radius 1 is 1.48 bits per heavy atom. The molecule has 6 nitrogen and oxygen atoms in total. The third kappa shape index (κ3) is 3.21. The third-order valence-corrected chi connectivity index (χ3v) is 3.61. The van der Waals surface area contributed by atoms with Crippen LogP contribution in [0, 0.1) is 12.8 Å². The van der Waals surface area contributed by atoms with Crippen LogP contribution in [0.4, 0.5) is 0 Å². The molecule has 0 aliphatic heterocycles. The Kier molecular flexibility index (Phi) is 4.26. The fourth-order valence-corrected chi connectivity index (χ4v) is 2.16. The predicted molar refractivity (Wildman–Crippen MR) is 78.3 cm³/mol. The van der Waals surface area contributed by atoms with Gasteiger partial charge in [-0.15, -0.1) is 0 Å². The van der Waals surface area contributed by atoms with Crippen LogP contribution in [-0.2, 0) is 4.79 Å². The Morgan fingerprint density at radius 3 is 2.81 bits per heavy atom. The van der Waals surface area contributed by atoms with Gasteiger partial charge in [0.25, 0.3) is 5.91 Å². The number of amides is 1. The van der Waals surface area contributed by atoms with E-state index in [-0.39, 0.29) is 5.92 Å². The first-order valence-electron chi connectivity index (χ1n) is 6.91. The second kappa shape index (κ2) is 5.95. The summed E-state index contributed by atoms with van der Waals surface area (Å²) in [7, 11) is 0. The summed E-state index contributed by atoms with van der Waals surface area (Å²) in [6.07, 6.45) is 4.27. The van der Waals surface area contributed by atoms with Gasteiger partial charge in [0.05, 0.1) is 5.69 Å². The summed E-state index contributed by atoms with van der Waals surface area (Å²) in [6, 6.07) is 2.41. The van der Waals surface area contributed by atoms with Gasteiger partial charge < -0.3 is 14.8 Å². The van der Waals surface area contributed by atoms with Gasteiger partial charge in [0.15, 0.2) is 0 Å². The van der Waals surface area contributed by atoms with Crippen molar-refractivity contribution in [2.75, 3.05) is 0 Å². The standard InChI is InChI=1S/C15H19N3O3/c1-4-9(2)13(15(20)21)17-14(19)11-5-6-18-8-10(3)16-12(18)7-11/h5-9,13H,4H2,1-3H3,(H,17,19)(H,20,21). The van der Waals surface area contributed by atoms with Crippen LogP contribution in [0.3, 0.4) is 0 Å². The maximum Gasteiger partial charge on any atom is 0.326 e. The van der Waals surface area contributed by atoms with Gasteiger partial charge in [0.2, 0.25) is 0 Å². The summed E-state index contributed by atoms with van der Waals surface area (Å²) in [5, 5.41) is 11.8. The molecule has 2 N–H and O–H groups in total. The van der Waals surface area contributed by atoms with Gasteiger partial charge >= 0.3 is 5.97 Å². The Hall–Kier alpha value is -2.37. The molecule has 1 amide bonds. The number of hydrogen-bond donors (Lipinski definition) is 2. The number of carbonyl (C=O) groups excluding carboxylic acids is 1. The lowest BCUT2D eigenvalue weighted by molar-refractivity contribution is -0.140. The number of hydrogen-bond acceptors (Lipinski definition) is 3. The molecule has 2 rings (SSSR count). The molecule has 0 aromatic carbocycles. The van der Waals surface area contributed by atoms with E-state index < -0.39 is 17.9 Å². The summed E-state index contributed by atoms with van der Waals surface area (Å²) in [5.41, 5.74) is 1.92. The van der Waals surface area contributed by atoms with Crippen molar-refractivity contribution in [1.29, 1.82) is 0 Å². The number of rotatable bonds is 5. The third-order valence-electron chi connectivity index (χ3n) is 3.61. The average molecular weight is 289 g/mol. The van der Waals surface area contributed by atoms with Crippen LogP contribution >= 0.6 is 0 Å². The van der Waals surface area contributed by atoms with Gasteiger partial charge in [-0.2, -0.15) is 0 Å². The molecule has 6 heteroatoms. The van der Waals surface area contributed by atoms with Crippen LogP contribution < -0.4 is 5.32 Å². The summed E-state index contributed by atoms with van der Waals surface area (Å²) in [4.78, 5) is 27.8. The maximum absolute atomic E-state index is 12.2. The van der Waals surface area contributed by atoms with Crippen LogP contribution in [0.2, 0.25) is 0 Å². The van der Waals surface area contributed by atoms with Crippen LogP contribution in [0.25, 0.3) is 5.65 Å². The van der Waals surface area contributed by atoms with Gasteiger partial charge in [-0.25, -0.2) is 9.78 Å². The highest BCUT2D eigenvalue weighted by molar-refractivity contribution is 5.97. The molecule has 0 spiro atoms. The second-order valence-electron chi connectivity index (χ2n) is 5.24. The van der Waals surface area contributed by atoms with Crippen molar-refractivity contribution in [2.24, 2.45) is 5.92 Å². The minimum atomic E-state index is -1.02. The first kappa shape index (κ1) is 15.0. The molecule has 2 aromatic rings. The molecule has 0 radical (unpaired) electrons. The van der Waals surface area contributed by atoms with Crippen molar-refractivity contribution in [3.05, 3.63) is 35.8 Å². The lowest BCUT2D eigenvalue weighted by Gasteiger charge is -2.20. The van der Waals surface area contributed by atoms with E-state index in [1.54, 1.807) is 25.3 Å². The summed E-state index contributed by atoms with van der Waals surface area (Å²) in [6.45, 7) is 5.57. The van der Waals surface area contributed by atoms with Gasteiger partial charge in [-0.1, -0.05) is 20.3 Å². The zero-order chi connectivity index (χ0) is 15.6. The molecule has 0 saturated heterocycles. The van der Waals surface area contributed by atoms with Crippen LogP contribution in [0.1, 0.15) is 36.3 Å². The maximum atomic E-state index is 12.2. The van der Waals surface area contributed by atoms with E-state index in [0.717, 1.165) is 5.69 Å². The van der Waals surface area contributed by atoms with Gasteiger partial charge in [-0.3, -0.25) is 4.79 Å². The van der Waals surface area contributed by atoms with E-state index in [0.29, 0.717) is 17.6 Å². The van der Waals surface area contributed by atoms with E-state index in [9.17, 15) is 14.7 Å². The highest BCUT2D eigenvalue weighted by Crippen LogP contribution is 2.11. The molecule has 2 heterocycles. The van der Waals surface area contributed by atoms with Crippen molar-refractivity contribution in [3.63, 3.8) is 0 Å². The van der Waals surface area contributed by atoms with Crippen LogP contribution in [0.15, 0.2) is 24.5 Å². The number of nitrogens with zero attached hydrogens (tertiary/aromatic N) is 2. The number of fused-ring (bicyclic) bond motifs is 1. The number of carboxylic acid groups (broad SMARTS) is 1. The number of nitrogens with one attached hydrogen (secondary N) is 1. The summed E-state index contributed by atoms with van der Waals surface area (Å²) >= 11 is 0. The molecule has 0 saturated carbocycles. The molecule has 0 fully saturated rings. The quantitative estimate of drug-likeness (QED) is 0.880. The van der Waals surface area contributed by atoms with Crippen molar-refractivity contribution >= 4 is 17.5 Å². The fourth-order valence-electron chi connectivity index (χ4n) is 2.16. The van der Waals surface area contributed by atoms with Crippen molar-refractivity contribution < 1.29 is 14.7 Å². The number of pyridine rings is 1. The number of aromatic nitrogens is 2. The minimum absolute atomic E-state index is 0.135. The van der Waals surface area contributed by atoms with Crippen LogP contribution in [-0.4, -0.2) is 32.4 Å². The summed E-state index contributed by atoms with van der Waals surface area (Å²) in [5.74, 6) is -1.55. The number of imidazole rings is 1. The van der Waals surface area contributed by atoms with Crippen molar-refractivity contribution in [1.82, 2.24) is 14.7 Å². The fraction of sp³-hybridized carbons (Fsp3) is 0.400. The van der Waals surface area contributed by atoms with E-state index >= 15 is 0 Å². The first-order chi connectivity index (χ1) is 9.92. The Bertz CT molecular complexity index is 678. The Labute approximate surface area is 122 Å². The molecule has 2 unspecified atom stereocenters. The molecule has 0 bridgehead atoms. The Balaban J connectivity index is 2.22. The largest absolute Gasteiger partial charge is 0.480 e. The first-order valence-corrected chi connectivity index (χ1v) is 6.91. The molecular weight excluding hydrogens is 270 g/mol. The smallest absolute Gasteiger partial charge is 0.326 e. The zero-order valence-corrected chi connectivity index (χ0v) is 12.3. The van der Waals surface area contributed by atoms with Gasteiger partial charge in [0, 0.05) is 18.0 Å². The monoisotopic (exact) mass is 289 g/mol. The number of carbonyl (C=O) groups is 2. The predicted octanol–water partition coefficient (Wildman–Crippen LogP) is 1.87. The van der Waals surface area contributed by atoms with E-state index in [1.165, 1.54) is 0 Å². The molecule has 21 heavy (non-hydrogen) atoms. The molecule has 112 valence electrons. The lowest BCUT2D eigenvalue weighted by Crippen LogP contribution is -2.45. The number of aliphatic carboxylic acids is 1. The second-order valence-corrected chi connectivity index (χ2v) is 5.24. The number of carboxylic acids is 1. The SMILES string of the molecule is CCC(C)C(NC(=O)c1ccn2cc(C)nc2c1)C(=O)O. The van der Waals surface area contributed by atoms with Gasteiger partial charge in [-0.05, 0) is 25.0 Å². The van der Waals surface area contributed by atoms with Crippen molar-refractivity contribution in [2.45, 2.75) is 33.2 Å². The lowest BCUT2D eigenvalue weighted by atomic mass is 9.99. The van der Waals surface area contributed by atoms with Gasteiger partial charge in [0.1, 0.15) is 11.7 Å². The average Bonchev–Trinajstić information content (AvgIpc) is 2.82. The Morgan fingerprint density at radius 2 is 2.19 bits per heavy atom. The molecule has 2 atom stereocenters. The molecule has 0 aliphatic rings. The molecular formula is C15H19N3O3. The van der Waals surface area contributed by atoms with E-state index in [1.807, 2.05) is 24.4 Å². The van der Waals surface area contributed by atoms with E-state index in [4.69, 9.17) is 0 Å². The highest BCUT2D eigenvalue weighted by atomic mass is 16.4. The minimum Gasteiger partial charge on any atom is -0.480 e. The normalized spacial score (nSPS) is 13.9. The zero-order valence-electron chi connectivity index (χ0n) is 12.3. The van der Waals surface area contributed by atoms with Crippen LogP contribution in [0.5, 0.6) is 0 Å².